The van der Waals surface area contributed by atoms with Crippen LogP contribution in [0.4, 0.5) is 0 Å². The molecule has 0 bridgehead atoms. The topological polar surface area (TPSA) is 63.3 Å². The molecule has 0 amide bonds. The zero-order valence-electron chi connectivity index (χ0n) is 14.6. The summed E-state index contributed by atoms with van der Waals surface area (Å²) in [5.74, 6) is -0.447. The molecular weight excluding hydrogens is 350 g/mol. The molecule has 0 aliphatic heterocycles. The third kappa shape index (κ3) is 2.37. The molecule has 0 radical (unpaired) electrons. The second-order valence-electron chi connectivity index (χ2n) is 6.46. The lowest BCUT2D eigenvalue weighted by atomic mass is 9.99. The molecule has 130 valence electrons. The van der Waals surface area contributed by atoms with E-state index in [9.17, 15) is 9.90 Å². The molecule has 4 aromatic rings. The molecule has 0 atom stereocenters. The third-order valence-electron chi connectivity index (χ3n) is 4.75. The second kappa shape index (κ2) is 5.85. The van der Waals surface area contributed by atoms with E-state index in [1.165, 1.54) is 0 Å². The van der Waals surface area contributed by atoms with Crippen molar-refractivity contribution in [2.75, 3.05) is 0 Å². The highest BCUT2D eigenvalue weighted by atomic mass is 35.5. The number of rotatable bonds is 2. The van der Waals surface area contributed by atoms with E-state index in [0.717, 1.165) is 22.1 Å². The highest BCUT2D eigenvalue weighted by Gasteiger charge is 2.20. The highest BCUT2D eigenvalue weighted by molar-refractivity contribution is 6.35. The van der Waals surface area contributed by atoms with Crippen molar-refractivity contribution in [2.45, 2.75) is 20.8 Å². The highest BCUT2D eigenvalue weighted by Crippen LogP contribution is 2.37. The molecule has 0 spiro atoms. The maximum Gasteiger partial charge on any atom is 0.336 e. The van der Waals surface area contributed by atoms with Gasteiger partial charge in [0.2, 0.25) is 0 Å². The van der Waals surface area contributed by atoms with E-state index < -0.39 is 5.97 Å². The molecule has 4 nitrogen and oxygen atoms in total. The lowest BCUT2D eigenvalue weighted by molar-refractivity contribution is 0.0699. The zero-order chi connectivity index (χ0) is 18.6. The van der Waals surface area contributed by atoms with Crippen LogP contribution in [0.1, 0.15) is 27.0 Å². The summed E-state index contributed by atoms with van der Waals surface area (Å²) >= 11 is 6.24. The number of carbonyl (C=O) groups is 1. The summed E-state index contributed by atoms with van der Waals surface area (Å²) in [4.78, 5) is 16.6. The van der Waals surface area contributed by atoms with E-state index in [1.54, 1.807) is 12.1 Å². The van der Waals surface area contributed by atoms with Crippen LogP contribution in [0, 0.1) is 20.8 Å². The van der Waals surface area contributed by atoms with Gasteiger partial charge in [-0.1, -0.05) is 35.9 Å². The van der Waals surface area contributed by atoms with Gasteiger partial charge in [0, 0.05) is 16.3 Å². The van der Waals surface area contributed by atoms with E-state index in [0.29, 0.717) is 33.0 Å². The first-order chi connectivity index (χ1) is 12.4. The molecule has 0 saturated heterocycles. The lowest BCUT2D eigenvalue weighted by Crippen LogP contribution is -2.02. The van der Waals surface area contributed by atoms with Gasteiger partial charge < -0.3 is 9.52 Å². The minimum absolute atomic E-state index is 0.220. The Morgan fingerprint density at radius 3 is 2.54 bits per heavy atom. The number of pyridine rings is 1. The van der Waals surface area contributed by atoms with Crippen molar-refractivity contribution < 1.29 is 14.3 Å². The number of hydrogen-bond acceptors (Lipinski definition) is 3. The molecule has 0 saturated carbocycles. The van der Waals surface area contributed by atoms with Crippen LogP contribution in [0.3, 0.4) is 0 Å². The quantitative estimate of drug-likeness (QED) is 0.478. The number of halogens is 1. The van der Waals surface area contributed by atoms with Crippen molar-refractivity contribution in [1.82, 2.24) is 4.98 Å². The van der Waals surface area contributed by atoms with Crippen molar-refractivity contribution in [2.24, 2.45) is 0 Å². The Labute approximate surface area is 155 Å². The van der Waals surface area contributed by atoms with Crippen LogP contribution in [-0.2, 0) is 0 Å². The Morgan fingerprint density at radius 1 is 1.12 bits per heavy atom. The molecule has 1 N–H and O–H groups in total. The van der Waals surface area contributed by atoms with Crippen molar-refractivity contribution in [3.63, 3.8) is 0 Å². The number of carboxylic acids is 1. The fourth-order valence-corrected chi connectivity index (χ4v) is 3.59. The fraction of sp³-hybridized carbons (Fsp3) is 0.143. The van der Waals surface area contributed by atoms with E-state index in [4.69, 9.17) is 21.0 Å². The van der Waals surface area contributed by atoms with Crippen LogP contribution in [0.15, 0.2) is 40.8 Å². The summed E-state index contributed by atoms with van der Waals surface area (Å²) in [6.07, 6.45) is 0. The summed E-state index contributed by atoms with van der Waals surface area (Å²) in [7, 11) is 0. The Morgan fingerprint density at radius 2 is 1.85 bits per heavy atom. The maximum atomic E-state index is 11.9. The molecule has 0 fully saturated rings. The number of nitrogens with zero attached hydrogens (tertiary/aromatic N) is 1. The first kappa shape index (κ1) is 16.6. The van der Waals surface area contributed by atoms with Gasteiger partial charge in [0.25, 0.3) is 0 Å². The average molecular weight is 366 g/mol. The largest absolute Gasteiger partial charge is 0.478 e. The normalized spacial score (nSPS) is 11.4. The van der Waals surface area contributed by atoms with Gasteiger partial charge in [-0.3, -0.25) is 0 Å². The van der Waals surface area contributed by atoms with Gasteiger partial charge in [0.05, 0.1) is 16.1 Å². The fourth-order valence-electron chi connectivity index (χ4n) is 3.38. The minimum Gasteiger partial charge on any atom is -0.478 e. The van der Waals surface area contributed by atoms with Crippen LogP contribution >= 0.6 is 11.6 Å². The Hall–Kier alpha value is -2.85. The molecule has 0 aliphatic carbocycles. The van der Waals surface area contributed by atoms with Crippen LogP contribution < -0.4 is 0 Å². The van der Waals surface area contributed by atoms with E-state index in [1.807, 2.05) is 45.0 Å². The first-order valence-electron chi connectivity index (χ1n) is 8.20. The summed E-state index contributed by atoms with van der Waals surface area (Å²) in [6.45, 7) is 5.74. The number of aromatic nitrogens is 1. The standard InChI is InChI=1S/C21H16ClNO3/c1-10-7-8-11(2)18-17(10)14(21(24)25)9-16(23-18)19-12(3)13-5-4-6-15(22)20(13)26-19/h4-9H,1-3H3,(H,24,25). The molecule has 2 heterocycles. The van der Waals surface area contributed by atoms with Crippen LogP contribution in [0.2, 0.25) is 5.02 Å². The van der Waals surface area contributed by atoms with E-state index >= 15 is 0 Å². The molecule has 26 heavy (non-hydrogen) atoms. The van der Waals surface area contributed by atoms with Gasteiger partial charge in [0.15, 0.2) is 11.3 Å². The Bertz CT molecular complexity index is 1210. The second-order valence-corrected chi connectivity index (χ2v) is 6.86. The van der Waals surface area contributed by atoms with Gasteiger partial charge >= 0.3 is 5.97 Å². The number of carboxylic acid groups (broad SMARTS) is 1. The van der Waals surface area contributed by atoms with Crippen molar-refractivity contribution in [1.29, 1.82) is 0 Å². The van der Waals surface area contributed by atoms with Crippen LogP contribution in [0.5, 0.6) is 0 Å². The number of aryl methyl sites for hydroxylation is 3. The third-order valence-corrected chi connectivity index (χ3v) is 5.05. The predicted octanol–water partition coefficient (Wildman–Crippen LogP) is 5.92. The minimum atomic E-state index is -0.987. The van der Waals surface area contributed by atoms with E-state index in [2.05, 4.69) is 0 Å². The SMILES string of the molecule is Cc1c(-c2cc(C(=O)O)c3c(C)ccc(C)c3n2)oc2c(Cl)cccc12. The van der Waals surface area contributed by atoms with Crippen molar-refractivity contribution in [3.8, 4) is 11.5 Å². The summed E-state index contributed by atoms with van der Waals surface area (Å²) in [5.41, 5.74) is 4.65. The van der Waals surface area contributed by atoms with E-state index in [-0.39, 0.29) is 5.56 Å². The molecule has 5 heteroatoms. The lowest BCUT2D eigenvalue weighted by Gasteiger charge is -2.10. The Kier molecular flexibility index (Phi) is 3.74. The van der Waals surface area contributed by atoms with Gasteiger partial charge in [0.1, 0.15) is 5.69 Å². The number of para-hydroxylation sites is 1. The average Bonchev–Trinajstić information content (AvgIpc) is 2.96. The number of hydrogen-bond donors (Lipinski definition) is 1. The van der Waals surface area contributed by atoms with Crippen molar-refractivity contribution in [3.05, 3.63) is 63.7 Å². The number of aromatic carboxylic acids is 1. The summed E-state index contributed by atoms with van der Waals surface area (Å²) in [6, 6.07) is 11.0. The molecule has 0 unspecified atom stereocenters. The smallest absolute Gasteiger partial charge is 0.336 e. The number of benzene rings is 2. The summed E-state index contributed by atoms with van der Waals surface area (Å²) < 4.78 is 5.98. The molecule has 0 aliphatic rings. The molecule has 4 rings (SSSR count). The molecule has 2 aromatic heterocycles. The monoisotopic (exact) mass is 365 g/mol. The maximum absolute atomic E-state index is 11.9. The Balaban J connectivity index is 2.11. The van der Waals surface area contributed by atoms with Gasteiger partial charge in [-0.15, -0.1) is 0 Å². The zero-order valence-corrected chi connectivity index (χ0v) is 15.3. The van der Waals surface area contributed by atoms with Gasteiger partial charge in [-0.2, -0.15) is 0 Å². The molecule has 2 aromatic carbocycles. The first-order valence-corrected chi connectivity index (χ1v) is 8.58. The predicted molar refractivity (Wildman–Crippen MR) is 103 cm³/mol. The number of furan rings is 1. The van der Waals surface area contributed by atoms with Gasteiger partial charge in [-0.25, -0.2) is 9.78 Å². The van der Waals surface area contributed by atoms with Gasteiger partial charge in [-0.05, 0) is 44.0 Å². The van der Waals surface area contributed by atoms with Crippen LogP contribution in [-0.4, -0.2) is 16.1 Å². The van der Waals surface area contributed by atoms with Crippen molar-refractivity contribution >= 4 is 39.4 Å². The van der Waals surface area contributed by atoms with Crippen LogP contribution in [0.25, 0.3) is 33.3 Å². The molecular formula is C21H16ClNO3. The summed E-state index contributed by atoms with van der Waals surface area (Å²) in [5, 5.41) is 11.8. The number of fused-ring (bicyclic) bond motifs is 2.